The maximum Gasteiger partial charge on any atom is 0.291 e. The monoisotopic (exact) mass is 560 g/mol. The van der Waals surface area contributed by atoms with Crippen LogP contribution in [-0.4, -0.2) is 55.3 Å². The molecule has 1 aliphatic rings. The van der Waals surface area contributed by atoms with E-state index in [4.69, 9.17) is 9.41 Å². The number of guanidine groups is 1. The highest BCUT2D eigenvalue weighted by Gasteiger charge is 2.40. The third-order valence-corrected chi connectivity index (χ3v) is 7.55. The molecule has 2 aromatic rings. The third kappa shape index (κ3) is 6.22. The molecule has 0 aliphatic carbocycles. The van der Waals surface area contributed by atoms with Gasteiger partial charge in [0.15, 0.2) is 21.6 Å². The molecule has 1 amide bonds. The molecule has 0 radical (unpaired) electrons. The highest BCUT2D eigenvalue weighted by atomic mass is 127. The first-order chi connectivity index (χ1) is 14.2. The van der Waals surface area contributed by atoms with Gasteiger partial charge >= 0.3 is 0 Å². The fraction of sp³-hybridized carbons (Fsp3) is 0.429. The second kappa shape index (κ2) is 10.5. The van der Waals surface area contributed by atoms with Crippen molar-refractivity contribution >= 4 is 51.4 Å². The summed E-state index contributed by atoms with van der Waals surface area (Å²) >= 11 is 0. The number of nitrogens with zero attached hydrogens (tertiary/aromatic N) is 2. The predicted octanol–water partition coefficient (Wildman–Crippen LogP) is 3.12. The Balaban J connectivity index is 0.00000341. The first-order valence-electron chi connectivity index (χ1n) is 9.91. The Morgan fingerprint density at radius 2 is 2.03 bits per heavy atom. The van der Waals surface area contributed by atoms with E-state index in [2.05, 4.69) is 10.6 Å². The fourth-order valence-electron chi connectivity index (χ4n) is 3.26. The SMILES string of the molecule is CCNC(=NCc1cccc(NC(=O)c2ccco2)c1)N1CCS(=O)(=O)C(C)(C)C1.I. The van der Waals surface area contributed by atoms with Crippen molar-refractivity contribution in [1.29, 1.82) is 0 Å². The number of amides is 1. The van der Waals surface area contributed by atoms with Crippen LogP contribution in [0.3, 0.4) is 0 Å². The summed E-state index contributed by atoms with van der Waals surface area (Å²) in [5.41, 5.74) is 1.57. The molecular weight excluding hydrogens is 531 g/mol. The van der Waals surface area contributed by atoms with Crippen LogP contribution in [0.25, 0.3) is 0 Å². The first kappa shape index (κ1) is 25.2. The number of hydrogen-bond acceptors (Lipinski definition) is 5. The Kier molecular flexibility index (Phi) is 8.52. The van der Waals surface area contributed by atoms with E-state index in [9.17, 15) is 13.2 Å². The van der Waals surface area contributed by atoms with Crippen molar-refractivity contribution in [1.82, 2.24) is 10.2 Å². The minimum atomic E-state index is -3.12. The largest absolute Gasteiger partial charge is 0.459 e. The molecule has 0 unspecified atom stereocenters. The van der Waals surface area contributed by atoms with Gasteiger partial charge in [0, 0.05) is 25.3 Å². The number of sulfone groups is 1. The highest BCUT2D eigenvalue weighted by molar-refractivity contribution is 14.0. The summed E-state index contributed by atoms with van der Waals surface area (Å²) in [6, 6.07) is 10.7. The van der Waals surface area contributed by atoms with E-state index in [1.165, 1.54) is 6.26 Å². The molecule has 1 aromatic carbocycles. The molecule has 170 valence electrons. The van der Waals surface area contributed by atoms with E-state index in [-0.39, 0.29) is 41.4 Å². The van der Waals surface area contributed by atoms with Gasteiger partial charge < -0.3 is 20.0 Å². The van der Waals surface area contributed by atoms with Crippen LogP contribution in [-0.2, 0) is 16.4 Å². The van der Waals surface area contributed by atoms with Crippen LogP contribution in [0.5, 0.6) is 0 Å². The van der Waals surface area contributed by atoms with Crippen LogP contribution in [0.4, 0.5) is 5.69 Å². The molecule has 1 aliphatic heterocycles. The average Bonchev–Trinajstić information content (AvgIpc) is 3.23. The maximum atomic E-state index is 12.3. The van der Waals surface area contributed by atoms with E-state index in [0.29, 0.717) is 37.8 Å². The summed E-state index contributed by atoms with van der Waals surface area (Å²) in [6.07, 6.45) is 1.45. The summed E-state index contributed by atoms with van der Waals surface area (Å²) in [6.45, 7) is 7.37. The predicted molar refractivity (Wildman–Crippen MR) is 133 cm³/mol. The lowest BCUT2D eigenvalue weighted by Crippen LogP contribution is -2.57. The number of aliphatic imine (C=N–C) groups is 1. The van der Waals surface area contributed by atoms with Gasteiger partial charge in [-0.15, -0.1) is 24.0 Å². The van der Waals surface area contributed by atoms with Crippen molar-refractivity contribution in [2.75, 3.05) is 30.7 Å². The average molecular weight is 560 g/mol. The minimum absolute atomic E-state index is 0. The van der Waals surface area contributed by atoms with Gasteiger partial charge in [-0.05, 0) is 50.6 Å². The van der Waals surface area contributed by atoms with Gasteiger partial charge in [0.2, 0.25) is 0 Å². The van der Waals surface area contributed by atoms with E-state index in [1.54, 1.807) is 32.0 Å². The van der Waals surface area contributed by atoms with Gasteiger partial charge in [-0.3, -0.25) is 4.79 Å². The molecular formula is C21H29IN4O4S. The standard InChI is InChI=1S/C21H28N4O4S.HI/c1-4-22-20(25-10-12-30(27,28)21(2,3)15-25)23-14-16-7-5-8-17(13-16)24-19(26)18-9-6-11-29-18;/h5-9,11,13H,4,10,12,14-15H2,1-3H3,(H,22,23)(H,24,26);1H. The molecule has 31 heavy (non-hydrogen) atoms. The Morgan fingerprint density at radius 3 is 2.68 bits per heavy atom. The molecule has 0 spiro atoms. The van der Waals surface area contributed by atoms with Crippen molar-refractivity contribution in [3.63, 3.8) is 0 Å². The van der Waals surface area contributed by atoms with Gasteiger partial charge in [-0.1, -0.05) is 12.1 Å². The lowest BCUT2D eigenvalue weighted by molar-refractivity contribution is 0.0996. The maximum absolute atomic E-state index is 12.3. The Hall–Kier alpha value is -2.08. The molecule has 0 atom stereocenters. The number of rotatable bonds is 5. The van der Waals surface area contributed by atoms with Crippen LogP contribution >= 0.6 is 24.0 Å². The highest BCUT2D eigenvalue weighted by Crippen LogP contribution is 2.24. The Bertz CT molecular complexity index is 1020. The molecule has 0 bridgehead atoms. The molecule has 8 nitrogen and oxygen atoms in total. The van der Waals surface area contributed by atoms with Gasteiger partial charge in [0.1, 0.15) is 0 Å². The topological polar surface area (TPSA) is 104 Å². The van der Waals surface area contributed by atoms with Crippen molar-refractivity contribution in [3.8, 4) is 0 Å². The van der Waals surface area contributed by atoms with Crippen LogP contribution in [0.1, 0.15) is 36.9 Å². The number of anilines is 1. The lowest BCUT2D eigenvalue weighted by Gasteiger charge is -2.39. The second-order valence-electron chi connectivity index (χ2n) is 7.80. The summed E-state index contributed by atoms with van der Waals surface area (Å²) in [7, 11) is -3.12. The third-order valence-electron chi connectivity index (χ3n) is 5.02. The smallest absolute Gasteiger partial charge is 0.291 e. The minimum Gasteiger partial charge on any atom is -0.459 e. The quantitative estimate of drug-likeness (QED) is 0.331. The molecule has 2 N–H and O–H groups in total. The van der Waals surface area contributed by atoms with E-state index < -0.39 is 14.6 Å². The molecule has 1 aromatic heterocycles. The number of carbonyl (C=O) groups is 1. The summed E-state index contributed by atoms with van der Waals surface area (Å²) < 4.78 is 28.9. The normalized spacial score (nSPS) is 17.5. The van der Waals surface area contributed by atoms with Crippen LogP contribution < -0.4 is 10.6 Å². The van der Waals surface area contributed by atoms with Crippen molar-refractivity contribution in [3.05, 3.63) is 54.0 Å². The molecule has 1 saturated heterocycles. The van der Waals surface area contributed by atoms with Gasteiger partial charge in [0.05, 0.1) is 23.3 Å². The van der Waals surface area contributed by atoms with Crippen molar-refractivity contribution in [2.24, 2.45) is 4.99 Å². The molecule has 0 saturated carbocycles. The fourth-order valence-corrected chi connectivity index (χ4v) is 4.63. The second-order valence-corrected chi connectivity index (χ2v) is 10.5. The van der Waals surface area contributed by atoms with Crippen LogP contribution in [0.2, 0.25) is 0 Å². The summed E-state index contributed by atoms with van der Waals surface area (Å²) in [5.74, 6) is 0.727. The lowest BCUT2D eigenvalue weighted by atomic mass is 10.2. The molecule has 2 heterocycles. The van der Waals surface area contributed by atoms with Gasteiger partial charge in [-0.2, -0.15) is 0 Å². The zero-order valence-electron chi connectivity index (χ0n) is 17.9. The van der Waals surface area contributed by atoms with Gasteiger partial charge in [-0.25, -0.2) is 13.4 Å². The molecule has 10 heteroatoms. The zero-order chi connectivity index (χ0) is 21.8. The summed E-state index contributed by atoms with van der Waals surface area (Å²) in [4.78, 5) is 18.8. The number of nitrogens with one attached hydrogen (secondary N) is 2. The molecule has 1 fully saturated rings. The Morgan fingerprint density at radius 1 is 1.26 bits per heavy atom. The van der Waals surface area contributed by atoms with E-state index in [0.717, 1.165) is 5.56 Å². The van der Waals surface area contributed by atoms with Crippen LogP contribution in [0.15, 0.2) is 52.1 Å². The van der Waals surface area contributed by atoms with Crippen molar-refractivity contribution < 1.29 is 17.6 Å². The number of carbonyl (C=O) groups excluding carboxylic acids is 1. The Labute approximate surface area is 200 Å². The number of benzene rings is 1. The number of furan rings is 1. The molecule has 3 rings (SSSR count). The van der Waals surface area contributed by atoms with Crippen molar-refractivity contribution in [2.45, 2.75) is 32.1 Å². The zero-order valence-corrected chi connectivity index (χ0v) is 21.1. The van der Waals surface area contributed by atoms with Gasteiger partial charge in [0.25, 0.3) is 5.91 Å². The van der Waals surface area contributed by atoms with E-state index >= 15 is 0 Å². The van der Waals surface area contributed by atoms with Crippen LogP contribution in [0, 0.1) is 0 Å². The first-order valence-corrected chi connectivity index (χ1v) is 11.6. The number of halogens is 1. The number of hydrogen-bond donors (Lipinski definition) is 2. The van der Waals surface area contributed by atoms with E-state index in [1.807, 2.05) is 30.0 Å². The summed E-state index contributed by atoms with van der Waals surface area (Å²) in [5, 5.41) is 6.06.